The number of rotatable bonds is 9. The van der Waals surface area contributed by atoms with E-state index in [1.165, 1.54) is 12.1 Å². The summed E-state index contributed by atoms with van der Waals surface area (Å²) in [6.07, 6.45) is 3.10. The first-order valence-corrected chi connectivity index (χ1v) is 10.9. The number of benzene rings is 1. The molecule has 0 unspecified atom stereocenters. The number of carbonyl (C=O) groups is 1. The fourth-order valence-corrected chi connectivity index (χ4v) is 3.18. The van der Waals surface area contributed by atoms with Gasteiger partial charge in [-0.05, 0) is 31.0 Å². The monoisotopic (exact) mass is 460 g/mol. The molecule has 1 aromatic heterocycles. The van der Waals surface area contributed by atoms with Gasteiger partial charge in [-0.1, -0.05) is 24.8 Å². The molecule has 1 aliphatic heterocycles. The van der Waals surface area contributed by atoms with E-state index in [0.29, 0.717) is 48.9 Å². The van der Waals surface area contributed by atoms with Crippen molar-refractivity contribution in [2.24, 2.45) is 0 Å². The first-order valence-electron chi connectivity index (χ1n) is 10.9. The number of nitrogens with zero attached hydrogens (tertiary/aromatic N) is 2. The molecule has 7 nitrogen and oxygen atoms in total. The zero-order valence-electron chi connectivity index (χ0n) is 18.4. The minimum atomic E-state index is -2.83. The molecule has 0 saturated carbocycles. The quantitative estimate of drug-likeness (QED) is 0.339. The highest BCUT2D eigenvalue weighted by Crippen LogP contribution is 2.25. The van der Waals surface area contributed by atoms with Crippen LogP contribution in [0.5, 0.6) is 0 Å². The summed E-state index contributed by atoms with van der Waals surface area (Å²) in [5.41, 5.74) is 1.16. The summed E-state index contributed by atoms with van der Waals surface area (Å²) in [4.78, 5) is 20.6. The van der Waals surface area contributed by atoms with Gasteiger partial charge in [0.15, 0.2) is 0 Å². The van der Waals surface area contributed by atoms with Gasteiger partial charge in [0.2, 0.25) is 11.9 Å². The number of amides is 1. The molecule has 1 atom stereocenters. The van der Waals surface area contributed by atoms with Crippen LogP contribution in [0.4, 0.5) is 30.6 Å². The summed E-state index contributed by atoms with van der Waals surface area (Å²) < 4.78 is 39.7. The number of alkyl halides is 2. The highest BCUT2D eigenvalue weighted by Gasteiger charge is 2.42. The van der Waals surface area contributed by atoms with Gasteiger partial charge in [0, 0.05) is 31.6 Å². The number of hydrogen-bond acceptors (Lipinski definition) is 6. The minimum Gasteiger partial charge on any atom is -0.369 e. The van der Waals surface area contributed by atoms with Gasteiger partial charge >= 0.3 is 0 Å². The fraction of sp³-hybridized carbons (Fsp3) is 0.435. The molecule has 33 heavy (non-hydrogen) atoms. The standard InChI is InChI=1S/C23H27F3N6O/c1-2-10-27-20-16(14-29-22(32-20)31-18-9-6-8-17(24)12-18)7-4-3-5-11-28-21(33)19-13-23(25,26)15-30-19/h6,8-9,12,14,19,30H,2-3,5,10-11,13,15H2,1H3,(H,28,33)(H2,27,29,31,32)/t19-/m0/s1. The van der Waals surface area contributed by atoms with Crippen LogP contribution in [0, 0.1) is 17.7 Å². The number of unbranched alkanes of at least 4 members (excludes halogenated alkanes) is 1. The molecular weight excluding hydrogens is 433 g/mol. The third kappa shape index (κ3) is 7.64. The maximum absolute atomic E-state index is 13.4. The van der Waals surface area contributed by atoms with Crippen LogP contribution >= 0.6 is 0 Å². The van der Waals surface area contributed by atoms with E-state index in [0.717, 1.165) is 6.42 Å². The molecule has 176 valence electrons. The van der Waals surface area contributed by atoms with Crippen LogP contribution in [0.2, 0.25) is 0 Å². The van der Waals surface area contributed by atoms with Gasteiger partial charge < -0.3 is 16.0 Å². The van der Waals surface area contributed by atoms with E-state index in [1.54, 1.807) is 18.3 Å². The van der Waals surface area contributed by atoms with Gasteiger partial charge in [0.1, 0.15) is 11.6 Å². The lowest BCUT2D eigenvalue weighted by Gasteiger charge is -2.10. The Morgan fingerprint density at radius 3 is 2.91 bits per heavy atom. The summed E-state index contributed by atoms with van der Waals surface area (Å²) >= 11 is 0. The number of nitrogens with one attached hydrogen (secondary N) is 4. The number of halogens is 3. The molecule has 4 N–H and O–H groups in total. The van der Waals surface area contributed by atoms with Crippen molar-refractivity contribution >= 4 is 23.4 Å². The summed E-state index contributed by atoms with van der Waals surface area (Å²) in [6.45, 7) is 2.61. The van der Waals surface area contributed by atoms with Crippen molar-refractivity contribution in [3.63, 3.8) is 0 Å². The Kier molecular flexibility index (Phi) is 8.49. The molecule has 0 spiro atoms. The molecule has 0 aliphatic carbocycles. The predicted octanol–water partition coefficient (Wildman–Crippen LogP) is 3.43. The number of anilines is 3. The first kappa shape index (κ1) is 24.3. The second kappa shape index (κ2) is 11.5. The van der Waals surface area contributed by atoms with Crippen LogP contribution < -0.4 is 21.3 Å². The van der Waals surface area contributed by atoms with Crippen molar-refractivity contribution in [1.29, 1.82) is 0 Å². The average molecular weight is 461 g/mol. The summed E-state index contributed by atoms with van der Waals surface area (Å²) in [7, 11) is 0. The molecule has 3 rings (SSSR count). The largest absolute Gasteiger partial charge is 0.369 e. The molecule has 0 bridgehead atoms. The second-order valence-electron chi connectivity index (χ2n) is 7.71. The van der Waals surface area contributed by atoms with Gasteiger partial charge in [-0.15, -0.1) is 0 Å². The minimum absolute atomic E-state index is 0.318. The average Bonchev–Trinajstić information content (AvgIpc) is 3.15. The molecular formula is C23H27F3N6O. The van der Waals surface area contributed by atoms with E-state index >= 15 is 0 Å². The van der Waals surface area contributed by atoms with Crippen LogP contribution in [0.25, 0.3) is 0 Å². The zero-order valence-corrected chi connectivity index (χ0v) is 18.4. The van der Waals surface area contributed by atoms with Crippen LogP contribution in [-0.2, 0) is 4.79 Å². The molecule has 1 aliphatic rings. The molecule has 2 heterocycles. The van der Waals surface area contributed by atoms with Crippen molar-refractivity contribution in [2.75, 3.05) is 30.3 Å². The van der Waals surface area contributed by atoms with Crippen LogP contribution in [0.3, 0.4) is 0 Å². The highest BCUT2D eigenvalue weighted by atomic mass is 19.3. The Morgan fingerprint density at radius 2 is 2.18 bits per heavy atom. The van der Waals surface area contributed by atoms with Crippen molar-refractivity contribution in [3.8, 4) is 11.8 Å². The Hall–Kier alpha value is -3.32. The third-order valence-electron chi connectivity index (χ3n) is 4.84. The lowest BCUT2D eigenvalue weighted by atomic mass is 10.2. The molecule has 1 saturated heterocycles. The highest BCUT2D eigenvalue weighted by molar-refractivity contribution is 5.82. The van der Waals surface area contributed by atoms with Crippen LogP contribution in [0.15, 0.2) is 30.5 Å². The Bertz CT molecular complexity index is 1020. The molecule has 1 amide bonds. The Morgan fingerprint density at radius 1 is 1.33 bits per heavy atom. The second-order valence-corrected chi connectivity index (χ2v) is 7.71. The van der Waals surface area contributed by atoms with Gasteiger partial charge in [0.25, 0.3) is 5.92 Å². The maximum atomic E-state index is 13.4. The molecule has 1 aromatic carbocycles. The Balaban J connectivity index is 1.52. The van der Waals surface area contributed by atoms with E-state index in [1.807, 2.05) is 6.92 Å². The molecule has 10 heteroatoms. The number of aromatic nitrogens is 2. The molecule has 0 radical (unpaired) electrons. The lowest BCUT2D eigenvalue weighted by molar-refractivity contribution is -0.123. The topological polar surface area (TPSA) is 91.0 Å². The summed E-state index contributed by atoms with van der Waals surface area (Å²) in [5.74, 6) is 3.33. The predicted molar refractivity (Wildman–Crippen MR) is 121 cm³/mol. The third-order valence-corrected chi connectivity index (χ3v) is 4.84. The molecule has 1 fully saturated rings. The van der Waals surface area contributed by atoms with Crippen molar-refractivity contribution < 1.29 is 18.0 Å². The summed E-state index contributed by atoms with van der Waals surface area (Å²) in [6, 6.07) is 5.16. The lowest BCUT2D eigenvalue weighted by Crippen LogP contribution is -2.40. The van der Waals surface area contributed by atoms with Gasteiger partial charge in [-0.25, -0.2) is 18.2 Å². The van der Waals surface area contributed by atoms with Gasteiger partial charge in [-0.2, -0.15) is 4.98 Å². The van der Waals surface area contributed by atoms with Gasteiger partial charge in [-0.3, -0.25) is 10.1 Å². The first-order chi connectivity index (χ1) is 15.9. The van der Waals surface area contributed by atoms with E-state index in [9.17, 15) is 18.0 Å². The van der Waals surface area contributed by atoms with Crippen LogP contribution in [0.1, 0.15) is 38.2 Å². The zero-order chi connectivity index (χ0) is 23.7. The number of carbonyl (C=O) groups excluding carboxylic acids is 1. The normalized spacial score (nSPS) is 16.5. The smallest absolute Gasteiger partial charge is 0.262 e. The van der Waals surface area contributed by atoms with E-state index in [4.69, 9.17) is 0 Å². The van der Waals surface area contributed by atoms with Gasteiger partial charge in [0.05, 0.1) is 24.3 Å². The van der Waals surface area contributed by atoms with E-state index < -0.39 is 30.8 Å². The molecule has 2 aromatic rings. The van der Waals surface area contributed by atoms with Crippen LogP contribution in [-0.4, -0.2) is 47.5 Å². The maximum Gasteiger partial charge on any atom is 0.262 e. The van der Waals surface area contributed by atoms with E-state index in [-0.39, 0.29) is 5.82 Å². The van der Waals surface area contributed by atoms with Crippen molar-refractivity contribution in [2.45, 2.75) is 44.6 Å². The SMILES string of the molecule is CCCNc1nc(Nc2cccc(F)c2)ncc1C#CCCCNC(=O)[C@@H]1CC(F)(F)CN1. The van der Waals surface area contributed by atoms with E-state index in [2.05, 4.69) is 43.1 Å². The number of hydrogen-bond donors (Lipinski definition) is 4. The Labute approximate surface area is 191 Å². The summed E-state index contributed by atoms with van der Waals surface area (Å²) in [5, 5.41) is 11.4. The fourth-order valence-electron chi connectivity index (χ4n) is 3.18. The van der Waals surface area contributed by atoms with Crippen molar-refractivity contribution in [1.82, 2.24) is 20.6 Å². The van der Waals surface area contributed by atoms with Crippen molar-refractivity contribution in [3.05, 3.63) is 41.8 Å².